The van der Waals surface area contributed by atoms with Crippen LogP contribution in [0.25, 0.3) is 12.2 Å². The lowest BCUT2D eigenvalue weighted by molar-refractivity contribution is -0.895. The van der Waals surface area contributed by atoms with Crippen LogP contribution < -0.4 is 28.7 Å². The number of rotatable bonds is 4. The van der Waals surface area contributed by atoms with Gasteiger partial charge in [-0.3, -0.25) is 0 Å². The van der Waals surface area contributed by atoms with Crippen LogP contribution in [0.15, 0.2) is 54.6 Å². The molecule has 0 aliphatic carbocycles. The van der Waals surface area contributed by atoms with Crippen molar-refractivity contribution >= 4 is 12.2 Å². The van der Waals surface area contributed by atoms with Crippen molar-refractivity contribution in [1.82, 2.24) is 0 Å². The molecule has 128 valence electrons. The average Bonchev–Trinajstić information content (AvgIpc) is 2.57. The van der Waals surface area contributed by atoms with Crippen LogP contribution in [-0.4, -0.2) is 37.8 Å². The van der Waals surface area contributed by atoms with Gasteiger partial charge in [0.05, 0.1) is 27.2 Å². The SMILES string of the molecule is C[N+]1(C)CCC(Oc2ccc(/C=C/c3ccccc3)cc2)CC1.[I-]. The Bertz CT molecular complexity index is 639. The summed E-state index contributed by atoms with van der Waals surface area (Å²) in [5.41, 5.74) is 2.42. The molecule has 0 atom stereocenters. The van der Waals surface area contributed by atoms with Crippen molar-refractivity contribution in [2.45, 2.75) is 18.9 Å². The van der Waals surface area contributed by atoms with Gasteiger partial charge in [-0.25, -0.2) is 0 Å². The van der Waals surface area contributed by atoms with Gasteiger partial charge in [0.15, 0.2) is 0 Å². The molecule has 1 heterocycles. The van der Waals surface area contributed by atoms with Crippen molar-refractivity contribution in [2.24, 2.45) is 0 Å². The van der Waals surface area contributed by atoms with E-state index in [1.54, 1.807) is 0 Å². The highest BCUT2D eigenvalue weighted by Gasteiger charge is 2.27. The number of hydrogen-bond donors (Lipinski definition) is 0. The number of halogens is 1. The lowest BCUT2D eigenvalue weighted by Gasteiger charge is -2.37. The van der Waals surface area contributed by atoms with Gasteiger partial charge in [-0.15, -0.1) is 0 Å². The molecular weight excluding hydrogens is 409 g/mol. The summed E-state index contributed by atoms with van der Waals surface area (Å²) in [6.07, 6.45) is 6.93. The summed E-state index contributed by atoms with van der Waals surface area (Å²) in [5.74, 6) is 0.985. The van der Waals surface area contributed by atoms with E-state index in [0.717, 1.165) is 23.1 Å². The summed E-state index contributed by atoms with van der Waals surface area (Å²) < 4.78 is 7.25. The monoisotopic (exact) mass is 435 g/mol. The molecule has 0 unspecified atom stereocenters. The second kappa shape index (κ2) is 8.67. The zero-order valence-electron chi connectivity index (χ0n) is 14.5. The quantitative estimate of drug-likeness (QED) is 0.402. The standard InChI is InChI=1S/C21H26NO.HI/c1-22(2)16-14-21(15-17-22)23-20-12-10-19(11-13-20)9-8-18-6-4-3-5-7-18;/h3-13,21H,14-17H2,1-2H3;1H/q+1;/p-1/b9-8+;. The zero-order valence-corrected chi connectivity index (χ0v) is 16.6. The lowest BCUT2D eigenvalue weighted by Crippen LogP contribution is -3.00. The Balaban J connectivity index is 0.00000208. The highest BCUT2D eigenvalue weighted by Crippen LogP contribution is 2.22. The molecule has 0 spiro atoms. The molecule has 0 aromatic heterocycles. The van der Waals surface area contributed by atoms with Crippen LogP contribution in [0.2, 0.25) is 0 Å². The summed E-state index contributed by atoms with van der Waals surface area (Å²) in [7, 11) is 4.59. The van der Waals surface area contributed by atoms with E-state index in [0.29, 0.717) is 6.10 Å². The number of nitrogens with zero attached hydrogens (tertiary/aromatic N) is 1. The van der Waals surface area contributed by atoms with Crippen LogP contribution in [0.4, 0.5) is 0 Å². The van der Waals surface area contributed by atoms with Gasteiger partial charge in [-0.05, 0) is 23.3 Å². The topological polar surface area (TPSA) is 9.23 Å². The molecule has 1 aliphatic rings. The minimum Gasteiger partial charge on any atom is -1.00 e. The van der Waals surface area contributed by atoms with Gasteiger partial charge < -0.3 is 33.2 Å². The zero-order chi connectivity index (χ0) is 16.1. The predicted molar refractivity (Wildman–Crippen MR) is 97.3 cm³/mol. The molecule has 3 rings (SSSR count). The minimum absolute atomic E-state index is 0. The van der Waals surface area contributed by atoms with Crippen molar-refractivity contribution in [1.29, 1.82) is 0 Å². The van der Waals surface area contributed by atoms with Gasteiger partial charge in [-0.2, -0.15) is 0 Å². The molecule has 3 heteroatoms. The fourth-order valence-electron chi connectivity index (χ4n) is 2.97. The minimum atomic E-state index is 0. The van der Waals surface area contributed by atoms with Crippen LogP contribution in [0, 0.1) is 0 Å². The number of benzene rings is 2. The maximum atomic E-state index is 6.13. The fourth-order valence-corrected chi connectivity index (χ4v) is 2.97. The molecule has 0 radical (unpaired) electrons. The van der Waals surface area contributed by atoms with E-state index in [4.69, 9.17) is 4.74 Å². The Morgan fingerprint density at radius 1 is 0.833 bits per heavy atom. The second-order valence-electron chi connectivity index (χ2n) is 7.01. The van der Waals surface area contributed by atoms with Crippen LogP contribution in [-0.2, 0) is 0 Å². The van der Waals surface area contributed by atoms with Gasteiger partial charge >= 0.3 is 0 Å². The van der Waals surface area contributed by atoms with E-state index in [9.17, 15) is 0 Å². The summed E-state index contributed by atoms with van der Waals surface area (Å²) in [4.78, 5) is 0. The maximum absolute atomic E-state index is 6.13. The maximum Gasteiger partial charge on any atom is 0.119 e. The molecule has 2 aromatic carbocycles. The Kier molecular flexibility index (Phi) is 6.87. The van der Waals surface area contributed by atoms with Crippen LogP contribution in [0.5, 0.6) is 5.75 Å². The third kappa shape index (κ3) is 5.64. The molecule has 2 nitrogen and oxygen atoms in total. The summed E-state index contributed by atoms with van der Waals surface area (Å²) >= 11 is 0. The summed E-state index contributed by atoms with van der Waals surface area (Å²) in [6, 6.07) is 18.8. The molecule has 0 bridgehead atoms. The normalized spacial score (nSPS) is 17.4. The van der Waals surface area contributed by atoms with E-state index in [2.05, 4.69) is 74.8 Å². The fraction of sp³-hybridized carbons (Fsp3) is 0.333. The van der Waals surface area contributed by atoms with E-state index < -0.39 is 0 Å². The first kappa shape index (κ1) is 19.0. The van der Waals surface area contributed by atoms with Crippen molar-refractivity contribution in [3.63, 3.8) is 0 Å². The lowest BCUT2D eigenvalue weighted by atomic mass is 10.1. The molecule has 0 N–H and O–H groups in total. The highest BCUT2D eigenvalue weighted by molar-refractivity contribution is 5.69. The van der Waals surface area contributed by atoms with Crippen LogP contribution >= 0.6 is 0 Å². The molecular formula is C21H26INO. The van der Waals surface area contributed by atoms with E-state index in [1.165, 1.54) is 24.2 Å². The molecule has 0 saturated carbocycles. The van der Waals surface area contributed by atoms with Crippen molar-refractivity contribution in [3.8, 4) is 5.75 Å². The summed E-state index contributed by atoms with van der Waals surface area (Å²) in [5, 5.41) is 0. The Morgan fingerprint density at radius 3 is 1.96 bits per heavy atom. The molecule has 1 saturated heterocycles. The van der Waals surface area contributed by atoms with Gasteiger partial charge in [0.1, 0.15) is 11.9 Å². The van der Waals surface area contributed by atoms with Crippen molar-refractivity contribution in [2.75, 3.05) is 27.2 Å². The number of ether oxygens (including phenoxy) is 1. The van der Waals surface area contributed by atoms with Gasteiger partial charge in [0, 0.05) is 12.8 Å². The molecule has 1 fully saturated rings. The number of quaternary nitrogens is 1. The first-order chi connectivity index (χ1) is 11.1. The average molecular weight is 435 g/mol. The first-order valence-electron chi connectivity index (χ1n) is 8.43. The Hall–Kier alpha value is -1.33. The van der Waals surface area contributed by atoms with Crippen molar-refractivity contribution < 1.29 is 33.2 Å². The third-order valence-corrected chi connectivity index (χ3v) is 4.56. The van der Waals surface area contributed by atoms with E-state index in [1.807, 2.05) is 6.07 Å². The largest absolute Gasteiger partial charge is 1.00 e. The van der Waals surface area contributed by atoms with Crippen molar-refractivity contribution in [3.05, 3.63) is 65.7 Å². The molecule has 2 aromatic rings. The third-order valence-electron chi connectivity index (χ3n) is 4.56. The smallest absolute Gasteiger partial charge is 0.119 e. The van der Waals surface area contributed by atoms with Crippen LogP contribution in [0.3, 0.4) is 0 Å². The Labute approximate surface area is 162 Å². The molecule has 0 amide bonds. The Morgan fingerprint density at radius 2 is 1.38 bits per heavy atom. The van der Waals surface area contributed by atoms with Crippen LogP contribution in [0.1, 0.15) is 24.0 Å². The number of piperidine rings is 1. The molecule has 24 heavy (non-hydrogen) atoms. The highest BCUT2D eigenvalue weighted by atomic mass is 127. The predicted octanol–water partition coefficient (Wildman–Crippen LogP) is 1.48. The van der Waals surface area contributed by atoms with Gasteiger partial charge in [0.2, 0.25) is 0 Å². The van der Waals surface area contributed by atoms with Gasteiger partial charge in [0.25, 0.3) is 0 Å². The van der Waals surface area contributed by atoms with E-state index >= 15 is 0 Å². The second-order valence-corrected chi connectivity index (χ2v) is 7.01. The molecule has 1 aliphatic heterocycles. The first-order valence-corrected chi connectivity index (χ1v) is 8.43. The summed E-state index contributed by atoms with van der Waals surface area (Å²) in [6.45, 7) is 2.39. The number of likely N-dealkylation sites (tertiary alicyclic amines) is 1. The number of hydrogen-bond acceptors (Lipinski definition) is 1. The van der Waals surface area contributed by atoms with Gasteiger partial charge in [-0.1, -0.05) is 54.6 Å². The van der Waals surface area contributed by atoms with E-state index in [-0.39, 0.29) is 24.0 Å².